The first-order chi connectivity index (χ1) is 12.0. The van der Waals surface area contributed by atoms with Gasteiger partial charge in [-0.15, -0.1) is 0 Å². The number of benzene rings is 1. The van der Waals surface area contributed by atoms with Crippen molar-refractivity contribution in [2.45, 2.75) is 18.3 Å². The number of halogens is 1. The number of aromatic nitrogens is 2. The van der Waals surface area contributed by atoms with Gasteiger partial charge in [0.1, 0.15) is 5.82 Å². The summed E-state index contributed by atoms with van der Waals surface area (Å²) in [6.45, 7) is 1.26. The van der Waals surface area contributed by atoms with Crippen LogP contribution in [0.25, 0.3) is 0 Å². The maximum absolute atomic E-state index is 13.7. The van der Waals surface area contributed by atoms with Crippen molar-refractivity contribution in [2.24, 2.45) is 0 Å². The molecule has 8 heteroatoms. The molecule has 1 aromatic carbocycles. The summed E-state index contributed by atoms with van der Waals surface area (Å²) >= 11 is 0. The zero-order valence-corrected chi connectivity index (χ0v) is 13.4. The zero-order chi connectivity index (χ0) is 17.9. The van der Waals surface area contributed by atoms with E-state index in [0.29, 0.717) is 26.1 Å². The highest BCUT2D eigenvalue weighted by Gasteiger charge is 2.35. The van der Waals surface area contributed by atoms with Crippen LogP contribution in [0, 0.1) is 5.82 Å². The maximum atomic E-state index is 13.7. The van der Waals surface area contributed by atoms with Gasteiger partial charge in [-0.1, -0.05) is 12.1 Å². The molecule has 1 aliphatic heterocycles. The lowest BCUT2D eigenvalue weighted by Gasteiger charge is -2.38. The first-order valence-corrected chi connectivity index (χ1v) is 7.90. The number of nitrogens with one attached hydrogen (secondary N) is 2. The van der Waals surface area contributed by atoms with E-state index >= 15 is 0 Å². The molecule has 1 aliphatic rings. The van der Waals surface area contributed by atoms with E-state index in [2.05, 4.69) is 15.3 Å². The minimum atomic E-state index is -1.26. The minimum absolute atomic E-state index is 0.172. The Labute approximate surface area is 143 Å². The zero-order valence-electron chi connectivity index (χ0n) is 13.4. The number of hydrogen-bond donors (Lipinski definition) is 3. The molecule has 1 aromatic heterocycles. The number of imidazole rings is 1. The van der Waals surface area contributed by atoms with Crippen LogP contribution in [0.5, 0.6) is 0 Å². The number of carbonyl (C=O) groups is 2. The summed E-state index contributed by atoms with van der Waals surface area (Å²) in [5.74, 6) is -2.18. The maximum Gasteiger partial charge on any atom is 0.354 e. The highest BCUT2D eigenvalue weighted by atomic mass is 19.1. The van der Waals surface area contributed by atoms with Gasteiger partial charge in [-0.25, -0.2) is 14.2 Å². The average molecular weight is 347 g/mol. The second-order valence-corrected chi connectivity index (χ2v) is 6.02. The Kier molecular flexibility index (Phi) is 4.80. The van der Waals surface area contributed by atoms with Crippen LogP contribution in [0.4, 0.5) is 4.39 Å². The highest BCUT2D eigenvalue weighted by molar-refractivity contribution is 6.02. The van der Waals surface area contributed by atoms with Gasteiger partial charge in [-0.3, -0.25) is 4.79 Å². The molecular formula is C17H18FN3O4. The van der Waals surface area contributed by atoms with Gasteiger partial charge in [0, 0.05) is 25.2 Å². The standard InChI is InChI=1S/C17H18FN3O4/c18-12-3-1-2-11(8-12)17(4-6-25-7-5-17)9-19-15(22)13-14(16(23)24)21-10-20-13/h1-3,8,10H,4-7,9H2,(H,19,22)(H,20,21)(H,23,24). The van der Waals surface area contributed by atoms with E-state index in [4.69, 9.17) is 9.84 Å². The van der Waals surface area contributed by atoms with Crippen LogP contribution in [0.3, 0.4) is 0 Å². The van der Waals surface area contributed by atoms with E-state index in [1.165, 1.54) is 12.1 Å². The molecule has 0 unspecified atom stereocenters. The Balaban J connectivity index is 1.81. The Morgan fingerprint density at radius 3 is 2.80 bits per heavy atom. The molecule has 0 aliphatic carbocycles. The fourth-order valence-corrected chi connectivity index (χ4v) is 3.11. The van der Waals surface area contributed by atoms with Crippen LogP contribution in [0.2, 0.25) is 0 Å². The molecule has 7 nitrogen and oxygen atoms in total. The molecule has 25 heavy (non-hydrogen) atoms. The van der Waals surface area contributed by atoms with Gasteiger partial charge in [-0.05, 0) is 30.5 Å². The number of carbonyl (C=O) groups excluding carboxylic acids is 1. The quantitative estimate of drug-likeness (QED) is 0.764. The SMILES string of the molecule is O=C(NCC1(c2cccc(F)c2)CCOCC1)c1nc[nH]c1C(=O)O. The molecule has 3 N–H and O–H groups in total. The molecule has 0 radical (unpaired) electrons. The molecule has 0 spiro atoms. The Morgan fingerprint density at radius 2 is 2.12 bits per heavy atom. The summed E-state index contributed by atoms with van der Waals surface area (Å²) in [4.78, 5) is 29.7. The first-order valence-electron chi connectivity index (χ1n) is 7.90. The summed E-state index contributed by atoms with van der Waals surface area (Å²) in [7, 11) is 0. The predicted octanol–water partition coefficient (Wildman–Crippen LogP) is 1.73. The fourth-order valence-electron chi connectivity index (χ4n) is 3.11. The highest BCUT2D eigenvalue weighted by Crippen LogP contribution is 2.34. The molecule has 3 rings (SSSR count). The first kappa shape index (κ1) is 17.1. The van der Waals surface area contributed by atoms with Gasteiger partial charge >= 0.3 is 5.97 Å². The van der Waals surface area contributed by atoms with Crippen LogP contribution >= 0.6 is 0 Å². The number of aromatic amines is 1. The number of amides is 1. The number of hydrogen-bond acceptors (Lipinski definition) is 4. The lowest BCUT2D eigenvalue weighted by molar-refractivity contribution is 0.0485. The van der Waals surface area contributed by atoms with Crippen LogP contribution in [-0.4, -0.2) is 46.7 Å². The van der Waals surface area contributed by atoms with Gasteiger partial charge < -0.3 is 20.1 Å². The molecule has 1 fully saturated rings. The monoisotopic (exact) mass is 347 g/mol. The number of ether oxygens (including phenoxy) is 1. The summed E-state index contributed by atoms with van der Waals surface area (Å²) in [6, 6.07) is 6.31. The number of carboxylic acids is 1. The fraction of sp³-hybridized carbons (Fsp3) is 0.353. The van der Waals surface area contributed by atoms with Crippen molar-refractivity contribution in [1.82, 2.24) is 15.3 Å². The Morgan fingerprint density at radius 1 is 1.36 bits per heavy atom. The second-order valence-electron chi connectivity index (χ2n) is 6.02. The number of H-pyrrole nitrogens is 1. The van der Waals surface area contributed by atoms with Crippen molar-refractivity contribution < 1.29 is 23.8 Å². The molecular weight excluding hydrogens is 329 g/mol. The van der Waals surface area contributed by atoms with E-state index in [1.54, 1.807) is 6.07 Å². The number of nitrogens with zero attached hydrogens (tertiary/aromatic N) is 1. The third-order valence-corrected chi connectivity index (χ3v) is 4.54. The molecule has 1 amide bonds. The van der Waals surface area contributed by atoms with Gasteiger partial charge in [0.25, 0.3) is 5.91 Å². The van der Waals surface area contributed by atoms with E-state index in [9.17, 15) is 14.0 Å². The summed E-state index contributed by atoms with van der Waals surface area (Å²) in [5, 5.41) is 11.8. The molecule has 132 valence electrons. The number of carboxylic acid groups (broad SMARTS) is 1. The van der Waals surface area contributed by atoms with E-state index in [0.717, 1.165) is 11.9 Å². The molecule has 2 aromatic rings. The molecule has 0 saturated carbocycles. The summed E-state index contributed by atoms with van der Waals surface area (Å²) in [6.07, 6.45) is 2.42. The normalized spacial score (nSPS) is 16.4. The third-order valence-electron chi connectivity index (χ3n) is 4.54. The Hall–Kier alpha value is -2.74. The van der Waals surface area contributed by atoms with Crippen molar-refractivity contribution >= 4 is 11.9 Å². The van der Waals surface area contributed by atoms with Gasteiger partial charge in [-0.2, -0.15) is 0 Å². The van der Waals surface area contributed by atoms with Gasteiger partial charge in [0.2, 0.25) is 0 Å². The lowest BCUT2D eigenvalue weighted by atomic mass is 9.74. The average Bonchev–Trinajstić information content (AvgIpc) is 3.11. The van der Waals surface area contributed by atoms with Gasteiger partial charge in [0.05, 0.1) is 6.33 Å². The van der Waals surface area contributed by atoms with Crippen molar-refractivity contribution in [2.75, 3.05) is 19.8 Å². The van der Waals surface area contributed by atoms with E-state index in [1.807, 2.05) is 6.07 Å². The summed E-state index contributed by atoms with van der Waals surface area (Å²) < 4.78 is 19.1. The van der Waals surface area contributed by atoms with Crippen molar-refractivity contribution in [1.29, 1.82) is 0 Å². The van der Waals surface area contributed by atoms with Crippen molar-refractivity contribution in [3.8, 4) is 0 Å². The lowest BCUT2D eigenvalue weighted by Crippen LogP contribution is -2.45. The summed E-state index contributed by atoms with van der Waals surface area (Å²) in [5.41, 5.74) is -0.106. The molecule has 1 saturated heterocycles. The smallest absolute Gasteiger partial charge is 0.354 e. The second kappa shape index (κ2) is 7.02. The molecule has 0 atom stereocenters. The van der Waals surface area contributed by atoms with Crippen molar-refractivity contribution in [3.05, 3.63) is 53.4 Å². The third kappa shape index (κ3) is 3.53. The van der Waals surface area contributed by atoms with Gasteiger partial charge in [0.15, 0.2) is 11.4 Å². The van der Waals surface area contributed by atoms with Crippen LogP contribution in [-0.2, 0) is 10.2 Å². The molecule has 0 bridgehead atoms. The number of aromatic carboxylic acids is 1. The number of rotatable bonds is 5. The van der Waals surface area contributed by atoms with E-state index in [-0.39, 0.29) is 23.7 Å². The van der Waals surface area contributed by atoms with Crippen LogP contribution < -0.4 is 5.32 Å². The molecule has 2 heterocycles. The van der Waals surface area contributed by atoms with Crippen molar-refractivity contribution in [3.63, 3.8) is 0 Å². The topological polar surface area (TPSA) is 104 Å². The Bertz CT molecular complexity index is 784. The predicted molar refractivity (Wildman–Crippen MR) is 86.0 cm³/mol. The van der Waals surface area contributed by atoms with Crippen LogP contribution in [0.15, 0.2) is 30.6 Å². The minimum Gasteiger partial charge on any atom is -0.477 e. The van der Waals surface area contributed by atoms with E-state index < -0.39 is 17.3 Å². The largest absolute Gasteiger partial charge is 0.477 e. The van der Waals surface area contributed by atoms with Crippen LogP contribution in [0.1, 0.15) is 39.4 Å².